The molecule has 1 fully saturated rings. The van der Waals surface area contributed by atoms with Gasteiger partial charge < -0.3 is 5.11 Å². The molecule has 1 saturated carbocycles. The van der Waals surface area contributed by atoms with Crippen molar-refractivity contribution in [3.05, 3.63) is 0 Å². The molecule has 1 aliphatic rings. The van der Waals surface area contributed by atoms with Gasteiger partial charge in [0.15, 0.2) is 0 Å². The molecule has 1 atom stereocenters. The minimum Gasteiger partial charge on any atom is -0.392 e. The molecule has 0 heterocycles. The van der Waals surface area contributed by atoms with E-state index in [4.69, 9.17) is 0 Å². The van der Waals surface area contributed by atoms with Crippen LogP contribution in [0.25, 0.3) is 0 Å². The van der Waals surface area contributed by atoms with Crippen LogP contribution in [0.15, 0.2) is 0 Å². The monoisotopic (exact) mass is 188 g/mol. The largest absolute Gasteiger partial charge is 0.392 e. The van der Waals surface area contributed by atoms with Gasteiger partial charge >= 0.3 is 0 Å². The molecule has 0 spiro atoms. The van der Waals surface area contributed by atoms with Gasteiger partial charge in [-0.1, -0.05) is 26.2 Å². The zero-order chi connectivity index (χ0) is 8.81. The first-order valence-electron chi connectivity index (χ1n) is 5.10. The van der Waals surface area contributed by atoms with Gasteiger partial charge in [-0.3, -0.25) is 0 Å². The molecule has 1 rings (SSSR count). The number of aliphatic hydroxyl groups is 1. The molecule has 0 aromatic carbocycles. The summed E-state index contributed by atoms with van der Waals surface area (Å²) in [4.78, 5) is 0. The summed E-state index contributed by atoms with van der Waals surface area (Å²) < 4.78 is 0. The maximum absolute atomic E-state index is 9.78. The van der Waals surface area contributed by atoms with E-state index in [0.717, 1.165) is 11.5 Å². The van der Waals surface area contributed by atoms with Gasteiger partial charge in [-0.05, 0) is 24.5 Å². The summed E-state index contributed by atoms with van der Waals surface area (Å²) in [5.74, 6) is 2.68. The van der Waals surface area contributed by atoms with Gasteiger partial charge in [0.05, 0.1) is 6.10 Å². The Morgan fingerprint density at radius 3 is 2.58 bits per heavy atom. The maximum atomic E-state index is 9.78. The van der Waals surface area contributed by atoms with E-state index in [2.05, 4.69) is 6.92 Å². The van der Waals surface area contributed by atoms with Gasteiger partial charge in [-0.25, -0.2) is 0 Å². The lowest BCUT2D eigenvalue weighted by Gasteiger charge is -2.26. The molecule has 0 saturated heterocycles. The summed E-state index contributed by atoms with van der Waals surface area (Å²) in [6.45, 7) is 2.15. The molecule has 1 aliphatic carbocycles. The Labute approximate surface area is 79.9 Å². The van der Waals surface area contributed by atoms with Gasteiger partial charge in [0.1, 0.15) is 0 Å². The Bertz CT molecular complexity index is 110. The lowest BCUT2D eigenvalue weighted by molar-refractivity contribution is 0.105. The van der Waals surface area contributed by atoms with Gasteiger partial charge in [0, 0.05) is 5.75 Å². The summed E-state index contributed by atoms with van der Waals surface area (Å²) >= 11 is 1.86. The van der Waals surface area contributed by atoms with Crippen LogP contribution in [0.1, 0.15) is 39.0 Å². The van der Waals surface area contributed by atoms with E-state index >= 15 is 0 Å². The van der Waals surface area contributed by atoms with Crippen molar-refractivity contribution in [1.29, 1.82) is 0 Å². The summed E-state index contributed by atoms with van der Waals surface area (Å²) in [6, 6.07) is 0. The number of aliphatic hydroxyl groups excluding tert-OH is 1. The van der Waals surface area contributed by atoms with Crippen molar-refractivity contribution in [2.24, 2.45) is 5.92 Å². The van der Waals surface area contributed by atoms with Crippen LogP contribution in [0.4, 0.5) is 0 Å². The third-order valence-corrected chi connectivity index (χ3v) is 3.67. The van der Waals surface area contributed by atoms with Crippen molar-refractivity contribution >= 4 is 11.8 Å². The number of thioether (sulfide) groups is 1. The van der Waals surface area contributed by atoms with Crippen molar-refractivity contribution in [3.8, 4) is 0 Å². The third kappa shape index (κ3) is 3.36. The van der Waals surface area contributed by atoms with Gasteiger partial charge in [0.2, 0.25) is 0 Å². The fraction of sp³-hybridized carbons (Fsp3) is 1.00. The predicted octanol–water partition coefficient (Wildman–Crippen LogP) is 2.68. The van der Waals surface area contributed by atoms with E-state index < -0.39 is 0 Å². The molecule has 1 nitrogen and oxygen atoms in total. The lowest BCUT2D eigenvalue weighted by atomic mass is 9.86. The highest BCUT2D eigenvalue weighted by molar-refractivity contribution is 7.99. The number of hydrogen-bond acceptors (Lipinski definition) is 2. The van der Waals surface area contributed by atoms with Crippen molar-refractivity contribution < 1.29 is 5.11 Å². The van der Waals surface area contributed by atoms with E-state index in [9.17, 15) is 5.11 Å². The minimum atomic E-state index is -0.0322. The average Bonchev–Trinajstić information content (AvgIpc) is 2.15. The first-order valence-corrected chi connectivity index (χ1v) is 6.26. The molecule has 0 aliphatic heterocycles. The summed E-state index contributed by atoms with van der Waals surface area (Å²) in [7, 11) is 0. The third-order valence-electron chi connectivity index (χ3n) is 2.69. The fourth-order valence-electron chi connectivity index (χ4n) is 1.89. The zero-order valence-electron chi connectivity index (χ0n) is 7.96. The molecule has 0 aromatic rings. The molecule has 1 N–H and O–H groups in total. The Kier molecular flexibility index (Phi) is 5.08. The van der Waals surface area contributed by atoms with Crippen LogP contribution in [0.5, 0.6) is 0 Å². The van der Waals surface area contributed by atoms with Crippen LogP contribution in [0, 0.1) is 5.92 Å². The Balaban J connectivity index is 2.15. The quantitative estimate of drug-likeness (QED) is 0.732. The average molecular weight is 188 g/mol. The van der Waals surface area contributed by atoms with Crippen molar-refractivity contribution in [2.75, 3.05) is 11.5 Å². The van der Waals surface area contributed by atoms with Crippen LogP contribution < -0.4 is 0 Å². The molecule has 0 amide bonds. The second kappa shape index (κ2) is 5.87. The second-order valence-electron chi connectivity index (χ2n) is 3.62. The standard InChI is InChI=1S/C10H20OS/c1-2-12-8-10(11)9-6-4-3-5-7-9/h9-11H,2-8H2,1H3. The van der Waals surface area contributed by atoms with Gasteiger partial charge in [-0.15, -0.1) is 0 Å². The Morgan fingerprint density at radius 2 is 2.00 bits per heavy atom. The van der Waals surface area contributed by atoms with Crippen molar-refractivity contribution in [1.82, 2.24) is 0 Å². The van der Waals surface area contributed by atoms with Crippen LogP contribution in [0.3, 0.4) is 0 Å². The summed E-state index contributed by atoms with van der Waals surface area (Å²) in [5.41, 5.74) is 0. The highest BCUT2D eigenvalue weighted by Crippen LogP contribution is 2.27. The molecular weight excluding hydrogens is 168 g/mol. The summed E-state index contributed by atoms with van der Waals surface area (Å²) in [6.07, 6.45) is 6.52. The van der Waals surface area contributed by atoms with E-state index in [1.807, 2.05) is 11.8 Å². The zero-order valence-corrected chi connectivity index (χ0v) is 8.78. The second-order valence-corrected chi connectivity index (χ2v) is 4.94. The van der Waals surface area contributed by atoms with Crippen LogP contribution in [-0.4, -0.2) is 22.7 Å². The first-order chi connectivity index (χ1) is 5.84. The van der Waals surface area contributed by atoms with E-state index in [1.54, 1.807) is 0 Å². The molecule has 0 bridgehead atoms. The molecule has 12 heavy (non-hydrogen) atoms. The highest BCUT2D eigenvalue weighted by atomic mass is 32.2. The van der Waals surface area contributed by atoms with Crippen LogP contribution in [0.2, 0.25) is 0 Å². The van der Waals surface area contributed by atoms with Crippen LogP contribution >= 0.6 is 11.8 Å². The topological polar surface area (TPSA) is 20.2 Å². The molecule has 0 aromatic heterocycles. The van der Waals surface area contributed by atoms with Gasteiger partial charge in [-0.2, -0.15) is 11.8 Å². The van der Waals surface area contributed by atoms with E-state index in [-0.39, 0.29) is 6.10 Å². The molecular formula is C10H20OS. The van der Waals surface area contributed by atoms with Gasteiger partial charge in [0.25, 0.3) is 0 Å². The minimum absolute atomic E-state index is 0.0322. The fourth-order valence-corrected chi connectivity index (χ4v) is 2.64. The molecule has 2 heteroatoms. The predicted molar refractivity (Wildman–Crippen MR) is 55.6 cm³/mol. The maximum Gasteiger partial charge on any atom is 0.0658 e. The summed E-state index contributed by atoms with van der Waals surface area (Å²) in [5, 5.41) is 9.78. The van der Waals surface area contributed by atoms with E-state index in [0.29, 0.717) is 5.92 Å². The van der Waals surface area contributed by atoms with Crippen molar-refractivity contribution in [2.45, 2.75) is 45.1 Å². The number of hydrogen-bond donors (Lipinski definition) is 1. The Morgan fingerprint density at radius 1 is 1.33 bits per heavy atom. The van der Waals surface area contributed by atoms with Crippen LogP contribution in [-0.2, 0) is 0 Å². The molecule has 72 valence electrons. The van der Waals surface area contributed by atoms with E-state index in [1.165, 1.54) is 32.1 Å². The first kappa shape index (κ1) is 10.4. The SMILES string of the molecule is CCSCC(O)C1CCCCC1. The smallest absolute Gasteiger partial charge is 0.0658 e. The highest BCUT2D eigenvalue weighted by Gasteiger charge is 2.20. The Hall–Kier alpha value is 0.310. The molecule has 1 unspecified atom stereocenters. The normalized spacial score (nSPS) is 22.5. The molecule has 0 radical (unpaired) electrons. The number of rotatable bonds is 4. The van der Waals surface area contributed by atoms with Crippen molar-refractivity contribution in [3.63, 3.8) is 0 Å². The lowest BCUT2D eigenvalue weighted by Crippen LogP contribution is -2.25.